The van der Waals surface area contributed by atoms with Crippen molar-refractivity contribution >= 4 is 17.7 Å². The summed E-state index contributed by atoms with van der Waals surface area (Å²) >= 11 is 0. The molecule has 25 heavy (non-hydrogen) atoms. The van der Waals surface area contributed by atoms with Crippen LogP contribution in [0.4, 0.5) is 0 Å². The van der Waals surface area contributed by atoms with Crippen LogP contribution in [0.25, 0.3) is 0 Å². The Hall–Kier alpha value is -2.95. The fourth-order valence-corrected chi connectivity index (χ4v) is 2.45. The van der Waals surface area contributed by atoms with Gasteiger partial charge in [-0.3, -0.25) is 14.4 Å². The van der Waals surface area contributed by atoms with Crippen molar-refractivity contribution in [3.8, 4) is 0 Å². The van der Waals surface area contributed by atoms with Gasteiger partial charge in [0.05, 0.1) is 5.56 Å². The summed E-state index contributed by atoms with van der Waals surface area (Å²) in [6.07, 6.45) is 0.306. The lowest BCUT2D eigenvalue weighted by Crippen LogP contribution is -2.34. The van der Waals surface area contributed by atoms with E-state index >= 15 is 0 Å². The van der Waals surface area contributed by atoms with Gasteiger partial charge < -0.3 is 10.4 Å². The van der Waals surface area contributed by atoms with E-state index in [9.17, 15) is 14.4 Å². The molecule has 5 heteroatoms. The zero-order valence-corrected chi connectivity index (χ0v) is 14.3. The molecule has 2 N–H and O–H groups in total. The van der Waals surface area contributed by atoms with E-state index in [4.69, 9.17) is 5.11 Å². The number of nitrogens with one attached hydrogen (secondary N) is 1. The molecule has 0 radical (unpaired) electrons. The molecule has 0 saturated heterocycles. The molecule has 0 bridgehead atoms. The maximum absolute atomic E-state index is 12.7. The maximum Gasteiger partial charge on any atom is 0.303 e. The van der Waals surface area contributed by atoms with Crippen molar-refractivity contribution < 1.29 is 19.5 Å². The molecule has 2 rings (SSSR count). The number of amides is 1. The van der Waals surface area contributed by atoms with E-state index in [1.54, 1.807) is 43.3 Å². The van der Waals surface area contributed by atoms with Crippen LogP contribution in [-0.2, 0) is 4.79 Å². The molecule has 2 aromatic carbocycles. The first kappa shape index (κ1) is 18.4. The van der Waals surface area contributed by atoms with Gasteiger partial charge in [0.2, 0.25) is 0 Å². The summed E-state index contributed by atoms with van der Waals surface area (Å²) < 4.78 is 0. The van der Waals surface area contributed by atoms with Crippen molar-refractivity contribution in [1.29, 1.82) is 0 Å². The fraction of sp³-hybridized carbons (Fsp3) is 0.250. The molecule has 130 valence electrons. The Morgan fingerprint density at radius 1 is 1.00 bits per heavy atom. The molecule has 0 aliphatic carbocycles. The number of hydrogen-bond donors (Lipinski definition) is 2. The molecule has 0 heterocycles. The second-order valence-electron chi connectivity index (χ2n) is 6.05. The van der Waals surface area contributed by atoms with Crippen LogP contribution in [0.3, 0.4) is 0 Å². The Morgan fingerprint density at radius 2 is 1.60 bits per heavy atom. The SMILES string of the molecule is Cc1ccc(C(=O)c2ccccc2C(=O)NC(C)CCC(=O)O)cc1. The number of carboxylic acids is 1. The molecule has 2 aromatic rings. The van der Waals surface area contributed by atoms with Crippen LogP contribution in [0.1, 0.15) is 51.6 Å². The van der Waals surface area contributed by atoms with Gasteiger partial charge in [-0.05, 0) is 26.3 Å². The summed E-state index contributed by atoms with van der Waals surface area (Å²) in [5, 5.41) is 11.5. The Morgan fingerprint density at radius 3 is 2.20 bits per heavy atom. The van der Waals surface area contributed by atoms with Crippen molar-refractivity contribution in [3.05, 3.63) is 70.8 Å². The highest BCUT2D eigenvalue weighted by atomic mass is 16.4. The molecular formula is C20H21NO4. The largest absolute Gasteiger partial charge is 0.481 e. The predicted octanol–water partition coefficient (Wildman–Crippen LogP) is 3.21. The Labute approximate surface area is 146 Å². The van der Waals surface area contributed by atoms with Gasteiger partial charge in [-0.2, -0.15) is 0 Å². The molecular weight excluding hydrogens is 318 g/mol. The first-order valence-corrected chi connectivity index (χ1v) is 8.11. The molecule has 0 saturated carbocycles. The average molecular weight is 339 g/mol. The summed E-state index contributed by atoms with van der Waals surface area (Å²) in [7, 11) is 0. The standard InChI is InChI=1S/C20H21NO4/c1-13-7-10-15(11-8-13)19(24)16-5-3-4-6-17(16)20(25)21-14(2)9-12-18(22)23/h3-8,10-11,14H,9,12H2,1-2H3,(H,21,25)(H,22,23). The van der Waals surface area contributed by atoms with Gasteiger partial charge >= 0.3 is 5.97 Å². The molecule has 0 aliphatic heterocycles. The van der Waals surface area contributed by atoms with Gasteiger partial charge in [-0.25, -0.2) is 0 Å². The zero-order valence-electron chi connectivity index (χ0n) is 14.3. The Kier molecular flexibility index (Phi) is 6.06. The van der Waals surface area contributed by atoms with E-state index in [0.29, 0.717) is 17.5 Å². The van der Waals surface area contributed by atoms with Gasteiger partial charge in [0.15, 0.2) is 5.78 Å². The second kappa shape index (κ2) is 8.24. The van der Waals surface area contributed by atoms with Crippen molar-refractivity contribution in [1.82, 2.24) is 5.32 Å². The monoisotopic (exact) mass is 339 g/mol. The summed E-state index contributed by atoms with van der Waals surface area (Å²) in [5.74, 6) is -1.51. The molecule has 5 nitrogen and oxygen atoms in total. The molecule has 1 atom stereocenters. The summed E-state index contributed by atoms with van der Waals surface area (Å²) in [4.78, 5) is 35.9. The zero-order chi connectivity index (χ0) is 18.4. The third-order valence-corrected chi connectivity index (χ3v) is 3.90. The lowest BCUT2D eigenvalue weighted by Gasteiger charge is -2.14. The molecule has 1 unspecified atom stereocenters. The van der Waals surface area contributed by atoms with E-state index < -0.39 is 5.97 Å². The van der Waals surface area contributed by atoms with Crippen LogP contribution < -0.4 is 5.32 Å². The minimum absolute atomic E-state index is 0.0224. The average Bonchev–Trinajstić information content (AvgIpc) is 2.60. The maximum atomic E-state index is 12.7. The number of rotatable bonds is 7. The highest BCUT2D eigenvalue weighted by molar-refractivity contribution is 6.15. The number of carboxylic acid groups (broad SMARTS) is 1. The lowest BCUT2D eigenvalue weighted by molar-refractivity contribution is -0.137. The smallest absolute Gasteiger partial charge is 0.303 e. The van der Waals surface area contributed by atoms with Crippen LogP contribution in [0.2, 0.25) is 0 Å². The van der Waals surface area contributed by atoms with Crippen molar-refractivity contribution in [2.24, 2.45) is 0 Å². The number of aliphatic carboxylic acids is 1. The first-order valence-electron chi connectivity index (χ1n) is 8.11. The molecule has 0 aromatic heterocycles. The van der Waals surface area contributed by atoms with Crippen LogP contribution in [0.15, 0.2) is 48.5 Å². The number of ketones is 1. The minimum Gasteiger partial charge on any atom is -0.481 e. The quantitative estimate of drug-likeness (QED) is 0.759. The van der Waals surface area contributed by atoms with E-state index in [0.717, 1.165) is 5.56 Å². The van der Waals surface area contributed by atoms with Crippen LogP contribution in [0, 0.1) is 6.92 Å². The highest BCUT2D eigenvalue weighted by Crippen LogP contribution is 2.16. The van der Waals surface area contributed by atoms with Gasteiger partial charge in [-0.15, -0.1) is 0 Å². The van der Waals surface area contributed by atoms with Crippen molar-refractivity contribution in [3.63, 3.8) is 0 Å². The van der Waals surface area contributed by atoms with E-state index in [1.807, 2.05) is 19.1 Å². The minimum atomic E-state index is -0.906. The first-order chi connectivity index (χ1) is 11.9. The number of carbonyl (C=O) groups excluding carboxylic acids is 2. The predicted molar refractivity (Wildman–Crippen MR) is 94.9 cm³/mol. The van der Waals surface area contributed by atoms with Crippen LogP contribution in [0.5, 0.6) is 0 Å². The van der Waals surface area contributed by atoms with Gasteiger partial charge in [-0.1, -0.05) is 48.0 Å². The number of carbonyl (C=O) groups is 3. The van der Waals surface area contributed by atoms with E-state index in [2.05, 4.69) is 5.32 Å². The fourth-order valence-electron chi connectivity index (χ4n) is 2.45. The second-order valence-corrected chi connectivity index (χ2v) is 6.05. The van der Waals surface area contributed by atoms with Gasteiger partial charge in [0.25, 0.3) is 5.91 Å². The topological polar surface area (TPSA) is 83.5 Å². The number of aryl methyl sites for hydroxylation is 1. The number of hydrogen-bond acceptors (Lipinski definition) is 3. The molecule has 0 fully saturated rings. The molecule has 0 spiro atoms. The normalized spacial score (nSPS) is 11.6. The van der Waals surface area contributed by atoms with E-state index in [1.165, 1.54) is 0 Å². The number of benzene rings is 2. The van der Waals surface area contributed by atoms with E-state index in [-0.39, 0.29) is 29.7 Å². The van der Waals surface area contributed by atoms with Crippen LogP contribution >= 0.6 is 0 Å². The van der Waals surface area contributed by atoms with Gasteiger partial charge in [0, 0.05) is 23.6 Å². The van der Waals surface area contributed by atoms with Gasteiger partial charge in [0.1, 0.15) is 0 Å². The van der Waals surface area contributed by atoms with Crippen molar-refractivity contribution in [2.45, 2.75) is 32.7 Å². The summed E-state index contributed by atoms with van der Waals surface area (Å²) in [6, 6.07) is 13.5. The summed E-state index contributed by atoms with van der Waals surface area (Å²) in [6.45, 7) is 3.68. The Balaban J connectivity index is 2.19. The lowest BCUT2D eigenvalue weighted by atomic mass is 9.97. The van der Waals surface area contributed by atoms with Crippen molar-refractivity contribution in [2.75, 3.05) is 0 Å². The third-order valence-electron chi connectivity index (χ3n) is 3.90. The molecule has 1 amide bonds. The Bertz CT molecular complexity index is 781. The third kappa shape index (κ3) is 5.01. The van der Waals surface area contributed by atoms with Crippen LogP contribution in [-0.4, -0.2) is 28.8 Å². The summed E-state index contributed by atoms with van der Waals surface area (Å²) in [5.41, 5.74) is 2.18. The molecule has 0 aliphatic rings. The highest BCUT2D eigenvalue weighted by Gasteiger charge is 2.19.